The van der Waals surface area contributed by atoms with Crippen LogP contribution < -0.4 is 0 Å². The van der Waals surface area contributed by atoms with E-state index in [2.05, 4.69) is 367 Å². The number of aryl methyl sites for hydroxylation is 3. The molecule has 3 aliphatic rings. The zero-order valence-electron chi connectivity index (χ0n) is 56.9. The van der Waals surface area contributed by atoms with Crippen LogP contribution in [0.15, 0.2) is 346 Å². The van der Waals surface area contributed by atoms with Gasteiger partial charge in [0.05, 0.1) is 16.2 Å². The van der Waals surface area contributed by atoms with E-state index < -0.39 is 16.2 Å². The van der Waals surface area contributed by atoms with Crippen molar-refractivity contribution in [3.63, 3.8) is 0 Å². The van der Waals surface area contributed by atoms with E-state index in [1.54, 1.807) is 0 Å². The SMILES string of the molecule is Cc1ccc(C2(c3cc(C4(c5ccc(C)cc5)c5ccccc5-c5cc6c7ccccc7c7ccccc7c6cc54)cc(C4(c5ccc(C)cc5)c5ccccc5-c5cc6c7ccccc7c7ccccc7c6cc54)c3)c3ccccc3-c3cc4c5ccccc5c5ccccc5c4cc32)cc1. The van der Waals surface area contributed by atoms with Crippen LogP contribution in [0.5, 0.6) is 0 Å². The summed E-state index contributed by atoms with van der Waals surface area (Å²) < 4.78 is 0. The van der Waals surface area contributed by atoms with Crippen molar-refractivity contribution in [1.29, 1.82) is 0 Å². The van der Waals surface area contributed by atoms with Gasteiger partial charge in [0.2, 0.25) is 0 Å². The first kappa shape index (κ1) is 57.4. The molecule has 0 heteroatoms. The van der Waals surface area contributed by atoms with Gasteiger partial charge in [0.15, 0.2) is 0 Å². The third-order valence-corrected chi connectivity index (χ3v) is 24.4. The summed E-state index contributed by atoms with van der Waals surface area (Å²) in [6, 6.07) is 136. The van der Waals surface area contributed by atoms with E-state index in [-0.39, 0.29) is 0 Å². The van der Waals surface area contributed by atoms with Gasteiger partial charge in [-0.2, -0.15) is 0 Å². The van der Waals surface area contributed by atoms with Crippen molar-refractivity contribution in [3.05, 3.63) is 429 Å². The Kier molecular flexibility index (Phi) is 11.8. The number of hydrogen-bond acceptors (Lipinski definition) is 0. The summed E-state index contributed by atoms with van der Waals surface area (Å²) in [5, 5.41) is 22.7. The van der Waals surface area contributed by atoms with Crippen LogP contribution in [0.4, 0.5) is 0 Å². The standard InChI is InChI=1S/C102H66/c1-61-40-46-64(47-41-61)100(94-37-19-16-34-82(94)91-55-85-76-28-10-4-22-70(76)73-25-7-13-31-79(73)88(85)58-97(91)100)67-52-68(101(65-48-42-62(2)43-49-65)95-38-20-17-35-83(95)92-56-86-77-29-11-5-23-71(77)74-26-8-14-32-80(74)89(86)59-98(92)101)54-69(53-67)102(66-50-44-63(3)45-51-66)96-39-21-18-36-84(96)93-57-87-78-30-12-6-24-72(78)75-27-9-15-33-81(75)90(87)60-99(93)102/h4-60H,1-3H3. The average molecular weight is 1290 g/mol. The monoisotopic (exact) mass is 1290 g/mol. The molecule has 0 saturated heterocycles. The summed E-state index contributed by atoms with van der Waals surface area (Å²) in [6.45, 7) is 6.72. The highest BCUT2D eigenvalue weighted by Gasteiger charge is 2.54. The fraction of sp³-hybridized carbons (Fsp3) is 0.0588. The van der Waals surface area contributed by atoms with Gasteiger partial charge < -0.3 is 0 Å². The number of rotatable bonds is 6. The van der Waals surface area contributed by atoms with E-state index in [9.17, 15) is 0 Å². The van der Waals surface area contributed by atoms with E-state index in [0.717, 1.165) is 0 Å². The van der Waals surface area contributed by atoms with Gasteiger partial charge in [0.25, 0.3) is 0 Å². The third kappa shape index (κ3) is 7.45. The number of benzene rings is 19. The van der Waals surface area contributed by atoms with Crippen molar-refractivity contribution in [1.82, 2.24) is 0 Å². The molecule has 0 N–H and O–H groups in total. The quantitative estimate of drug-likeness (QED) is 0.146. The minimum atomic E-state index is -0.882. The normalized spacial score (nSPS) is 17.1. The molecule has 3 aliphatic carbocycles. The lowest BCUT2D eigenvalue weighted by Crippen LogP contribution is -2.35. The van der Waals surface area contributed by atoms with E-state index >= 15 is 0 Å². The maximum Gasteiger partial charge on any atom is 0.0714 e. The van der Waals surface area contributed by atoms with E-state index in [1.165, 1.54) is 214 Å². The molecule has 0 fully saturated rings. The summed E-state index contributed by atoms with van der Waals surface area (Å²) in [5.41, 5.74) is 23.6. The molecule has 22 rings (SSSR count). The number of hydrogen-bond donors (Lipinski definition) is 0. The summed E-state index contributed by atoms with van der Waals surface area (Å²) in [4.78, 5) is 0. The lowest BCUT2D eigenvalue weighted by atomic mass is 9.60. The Hall–Kier alpha value is -12.5. The van der Waals surface area contributed by atoms with E-state index in [4.69, 9.17) is 0 Å². The Labute approximate surface area is 592 Å². The molecular formula is C102H66. The Morgan fingerprint density at radius 2 is 0.324 bits per heavy atom. The van der Waals surface area contributed by atoms with Gasteiger partial charge in [0.1, 0.15) is 0 Å². The molecule has 0 nitrogen and oxygen atoms in total. The fourth-order valence-corrected chi connectivity index (χ4v) is 20.1. The molecule has 474 valence electrons. The zero-order valence-corrected chi connectivity index (χ0v) is 56.9. The highest BCUT2D eigenvalue weighted by Crippen LogP contribution is 2.65. The van der Waals surface area contributed by atoms with Crippen LogP contribution in [0, 0.1) is 20.8 Å². The molecule has 3 atom stereocenters. The molecule has 0 aliphatic heterocycles. The summed E-state index contributed by atoms with van der Waals surface area (Å²) in [5.74, 6) is 0. The molecule has 0 saturated carbocycles. The molecule has 0 heterocycles. The molecule has 0 radical (unpaired) electrons. The van der Waals surface area contributed by atoms with Crippen molar-refractivity contribution in [2.45, 2.75) is 37.0 Å². The maximum atomic E-state index is 2.72. The third-order valence-electron chi connectivity index (χ3n) is 24.4. The van der Waals surface area contributed by atoms with Gasteiger partial charge in [-0.05, 0) is 254 Å². The molecule has 3 unspecified atom stereocenters. The summed E-state index contributed by atoms with van der Waals surface area (Å²) in [7, 11) is 0. The minimum absolute atomic E-state index is 0.882. The molecule has 0 spiro atoms. The van der Waals surface area contributed by atoms with E-state index in [0.29, 0.717) is 0 Å². The van der Waals surface area contributed by atoms with Crippen molar-refractivity contribution < 1.29 is 0 Å². The Bertz CT molecular complexity index is 6210. The molecule has 19 aromatic carbocycles. The predicted octanol–water partition coefficient (Wildman–Crippen LogP) is 26.1. The second-order valence-electron chi connectivity index (χ2n) is 29.4. The van der Waals surface area contributed by atoms with Crippen LogP contribution in [0.25, 0.3) is 130 Å². The predicted molar refractivity (Wildman–Crippen MR) is 430 cm³/mol. The number of fused-ring (bicyclic) bond motifs is 27. The van der Waals surface area contributed by atoms with Crippen molar-refractivity contribution in [3.8, 4) is 33.4 Å². The van der Waals surface area contributed by atoms with E-state index in [1.807, 2.05) is 0 Å². The first-order chi connectivity index (χ1) is 50.3. The second-order valence-corrected chi connectivity index (χ2v) is 29.4. The first-order valence-electron chi connectivity index (χ1n) is 36.1. The van der Waals surface area contributed by atoms with Crippen LogP contribution in [-0.4, -0.2) is 0 Å². The van der Waals surface area contributed by atoms with Gasteiger partial charge in [-0.25, -0.2) is 0 Å². The topological polar surface area (TPSA) is 0 Å². The molecular weight excluding hydrogens is 1230 g/mol. The van der Waals surface area contributed by atoms with Gasteiger partial charge in [-0.3, -0.25) is 0 Å². The Morgan fingerprint density at radius 1 is 0.137 bits per heavy atom. The zero-order chi connectivity index (χ0) is 67.3. The van der Waals surface area contributed by atoms with Gasteiger partial charge in [-0.15, -0.1) is 0 Å². The molecule has 0 amide bonds. The lowest BCUT2D eigenvalue weighted by Gasteiger charge is -2.41. The van der Waals surface area contributed by atoms with Crippen LogP contribution in [-0.2, 0) is 16.2 Å². The smallest absolute Gasteiger partial charge is 0.0619 e. The Balaban J connectivity index is 0.972. The lowest BCUT2D eigenvalue weighted by molar-refractivity contribution is 0.714. The second kappa shape index (κ2) is 21.0. The first-order valence-corrected chi connectivity index (χ1v) is 36.1. The molecule has 102 heavy (non-hydrogen) atoms. The van der Waals surface area contributed by atoms with Crippen LogP contribution in [0.1, 0.15) is 83.5 Å². The van der Waals surface area contributed by atoms with Crippen molar-refractivity contribution in [2.24, 2.45) is 0 Å². The maximum absolute atomic E-state index is 2.72. The highest BCUT2D eigenvalue weighted by molar-refractivity contribution is 6.29. The Morgan fingerprint density at radius 3 is 0.549 bits per heavy atom. The molecule has 0 aromatic heterocycles. The van der Waals surface area contributed by atoms with Crippen molar-refractivity contribution >= 4 is 97.0 Å². The van der Waals surface area contributed by atoms with Crippen LogP contribution in [0.3, 0.4) is 0 Å². The van der Waals surface area contributed by atoms with Gasteiger partial charge in [0, 0.05) is 0 Å². The highest BCUT2D eigenvalue weighted by atomic mass is 14.5. The minimum Gasteiger partial charge on any atom is -0.0619 e. The van der Waals surface area contributed by atoms with Crippen LogP contribution in [0.2, 0.25) is 0 Å². The van der Waals surface area contributed by atoms with Gasteiger partial charge >= 0.3 is 0 Å². The fourth-order valence-electron chi connectivity index (χ4n) is 20.1. The van der Waals surface area contributed by atoms with Crippen LogP contribution >= 0.6 is 0 Å². The van der Waals surface area contributed by atoms with Crippen molar-refractivity contribution in [2.75, 3.05) is 0 Å². The summed E-state index contributed by atoms with van der Waals surface area (Å²) in [6.07, 6.45) is 0. The largest absolute Gasteiger partial charge is 0.0714 e. The average Bonchev–Trinajstić information content (AvgIpc) is 1.50. The molecule has 0 bridgehead atoms. The van der Waals surface area contributed by atoms with Gasteiger partial charge in [-0.1, -0.05) is 326 Å². The summed E-state index contributed by atoms with van der Waals surface area (Å²) >= 11 is 0. The molecule has 19 aromatic rings.